The van der Waals surface area contributed by atoms with Gasteiger partial charge in [-0.15, -0.1) is 0 Å². The molecule has 3 aliphatic rings. The molecule has 0 atom stereocenters. The van der Waals surface area contributed by atoms with E-state index in [1.807, 2.05) is 47.4 Å². The van der Waals surface area contributed by atoms with Crippen LogP contribution in [0, 0.1) is 5.92 Å². The molecule has 0 amide bonds. The molecule has 0 aromatic carbocycles. The molecular formula is C22H31FN8O. The van der Waals surface area contributed by atoms with Gasteiger partial charge in [-0.25, -0.2) is 9.37 Å². The molecule has 2 N–H and O–H groups in total. The number of nitrogens with one attached hydrogen (secondary N) is 2. The summed E-state index contributed by atoms with van der Waals surface area (Å²) in [5.74, 6) is 1.61. The van der Waals surface area contributed by atoms with Gasteiger partial charge in [0.15, 0.2) is 11.6 Å². The third-order valence-electron chi connectivity index (χ3n) is 6.18. The van der Waals surface area contributed by atoms with E-state index in [1.165, 1.54) is 0 Å². The highest BCUT2D eigenvalue weighted by molar-refractivity contribution is 5.82. The Hall–Kier alpha value is -2.69. The van der Waals surface area contributed by atoms with Crippen LogP contribution in [0.1, 0.15) is 5.69 Å². The number of halogens is 1. The lowest BCUT2D eigenvalue weighted by molar-refractivity contribution is 0.0211. The summed E-state index contributed by atoms with van der Waals surface area (Å²) in [6.45, 7) is 7.32. The summed E-state index contributed by atoms with van der Waals surface area (Å²) >= 11 is 0. The minimum Gasteiger partial charge on any atom is -0.366 e. The van der Waals surface area contributed by atoms with Crippen molar-refractivity contribution < 1.29 is 9.13 Å². The fourth-order valence-corrected chi connectivity index (χ4v) is 4.45. The largest absolute Gasteiger partial charge is 0.366 e. The molecule has 0 radical (unpaired) electrons. The van der Waals surface area contributed by atoms with Gasteiger partial charge in [-0.05, 0) is 12.1 Å². The Morgan fingerprint density at radius 1 is 1.22 bits per heavy atom. The van der Waals surface area contributed by atoms with Crippen LogP contribution in [0.4, 0.5) is 4.39 Å². The van der Waals surface area contributed by atoms with Crippen LogP contribution in [0.2, 0.25) is 0 Å². The van der Waals surface area contributed by atoms with E-state index in [9.17, 15) is 4.39 Å². The first kappa shape index (κ1) is 21.2. The van der Waals surface area contributed by atoms with E-state index in [-0.39, 0.29) is 12.4 Å². The number of hydrogen-bond donors (Lipinski definition) is 2. The van der Waals surface area contributed by atoms with Gasteiger partial charge in [-0.1, -0.05) is 6.07 Å². The van der Waals surface area contributed by atoms with Crippen LogP contribution in [-0.2, 0) is 11.3 Å². The minimum absolute atomic E-state index is 0.152. The number of nitrogens with zero attached hydrogens (tertiary/aromatic N) is 6. The Morgan fingerprint density at radius 3 is 2.91 bits per heavy atom. The normalized spacial score (nSPS) is 20.2. The quantitative estimate of drug-likeness (QED) is 0.483. The van der Waals surface area contributed by atoms with Gasteiger partial charge in [0.25, 0.3) is 0 Å². The van der Waals surface area contributed by atoms with Gasteiger partial charge < -0.3 is 29.2 Å². The van der Waals surface area contributed by atoms with E-state index in [0.29, 0.717) is 31.6 Å². The predicted molar refractivity (Wildman–Crippen MR) is 121 cm³/mol. The molecule has 5 rings (SSSR count). The monoisotopic (exact) mass is 442 g/mol. The second kappa shape index (κ2) is 9.43. The average molecular weight is 443 g/mol. The molecule has 2 aromatic heterocycles. The molecule has 10 heteroatoms. The standard InChI is InChI=1S/C22H31FN8O/c1-28-14-19(23)21(27-22(28)29-8-5-24-6-9-29)30-12-17(13-30)15-32-16-25-10-18-11-26-20-4-2-3-7-31(18)20/h2-4,7,11,17,24-25H,5-6,8-10,12-16H2,1H3. The van der Waals surface area contributed by atoms with Crippen molar-refractivity contribution in [3.63, 3.8) is 0 Å². The number of aromatic nitrogens is 2. The third-order valence-corrected chi connectivity index (χ3v) is 6.18. The first-order valence-corrected chi connectivity index (χ1v) is 11.3. The minimum atomic E-state index is -0.152. The molecule has 2 saturated heterocycles. The SMILES string of the molecule is CN1CC(F)=C(N2CC(COCNCc3cnc4ccccn34)C2)N=C1N1CCNCC1. The summed E-state index contributed by atoms with van der Waals surface area (Å²) in [6.07, 6.45) is 3.89. The average Bonchev–Trinajstić information content (AvgIpc) is 3.19. The lowest BCUT2D eigenvalue weighted by Crippen LogP contribution is -2.54. The number of hydrogen-bond acceptors (Lipinski definition) is 8. The number of likely N-dealkylation sites (N-methyl/N-ethyl adjacent to an activating group) is 1. The van der Waals surface area contributed by atoms with Crippen molar-refractivity contribution in [1.29, 1.82) is 0 Å². The molecule has 0 saturated carbocycles. The van der Waals surface area contributed by atoms with Crippen molar-refractivity contribution in [3.05, 3.63) is 47.9 Å². The van der Waals surface area contributed by atoms with Gasteiger partial charge >= 0.3 is 0 Å². The molecule has 0 unspecified atom stereocenters. The number of rotatable bonds is 7. The second-order valence-electron chi connectivity index (χ2n) is 8.62. The summed E-state index contributed by atoms with van der Waals surface area (Å²) in [4.78, 5) is 15.3. The zero-order valence-electron chi connectivity index (χ0n) is 18.5. The van der Waals surface area contributed by atoms with E-state index < -0.39 is 0 Å². The smallest absolute Gasteiger partial charge is 0.203 e. The highest BCUT2D eigenvalue weighted by Crippen LogP contribution is 2.28. The maximum absolute atomic E-state index is 14.6. The van der Waals surface area contributed by atoms with Gasteiger partial charge in [0.05, 0.1) is 31.8 Å². The maximum atomic E-state index is 14.6. The number of likely N-dealkylation sites (tertiary alicyclic amines) is 1. The molecular weight excluding hydrogens is 411 g/mol. The zero-order chi connectivity index (χ0) is 21.9. The number of pyridine rings is 1. The third kappa shape index (κ3) is 4.43. The maximum Gasteiger partial charge on any atom is 0.203 e. The van der Waals surface area contributed by atoms with Crippen LogP contribution in [0.5, 0.6) is 0 Å². The Bertz CT molecular complexity index is 993. The molecule has 0 spiro atoms. The van der Waals surface area contributed by atoms with Crippen LogP contribution >= 0.6 is 0 Å². The fraction of sp³-hybridized carbons (Fsp3) is 0.545. The summed E-state index contributed by atoms with van der Waals surface area (Å²) in [6, 6.07) is 5.97. The highest BCUT2D eigenvalue weighted by atomic mass is 19.1. The van der Waals surface area contributed by atoms with Crippen molar-refractivity contribution in [2.24, 2.45) is 10.9 Å². The van der Waals surface area contributed by atoms with E-state index in [1.54, 1.807) is 0 Å². The number of ether oxygens (including phenoxy) is 1. The highest BCUT2D eigenvalue weighted by Gasteiger charge is 2.34. The predicted octanol–water partition coefficient (Wildman–Crippen LogP) is 0.675. The van der Waals surface area contributed by atoms with Crippen LogP contribution in [0.15, 0.2) is 47.2 Å². The Morgan fingerprint density at radius 2 is 2.06 bits per heavy atom. The van der Waals surface area contributed by atoms with E-state index in [0.717, 1.165) is 56.6 Å². The zero-order valence-corrected chi connectivity index (χ0v) is 18.5. The molecule has 0 aliphatic carbocycles. The lowest BCUT2D eigenvalue weighted by Gasteiger charge is -2.43. The summed E-state index contributed by atoms with van der Waals surface area (Å²) in [5, 5.41) is 6.66. The van der Waals surface area contributed by atoms with Crippen molar-refractivity contribution in [3.8, 4) is 0 Å². The van der Waals surface area contributed by atoms with Gasteiger partial charge in [-0.3, -0.25) is 5.32 Å². The first-order valence-electron chi connectivity index (χ1n) is 11.3. The Kier molecular flexibility index (Phi) is 6.24. The summed E-state index contributed by atoms with van der Waals surface area (Å²) in [5.41, 5.74) is 2.04. The Balaban J connectivity index is 1.06. The molecule has 5 heterocycles. The number of aliphatic imine (C=N–C) groups is 1. The van der Waals surface area contributed by atoms with E-state index >= 15 is 0 Å². The molecule has 172 valence electrons. The number of piperazine rings is 1. The Labute approximate surface area is 187 Å². The van der Waals surface area contributed by atoms with E-state index in [2.05, 4.69) is 24.9 Å². The number of fused-ring (bicyclic) bond motifs is 1. The second-order valence-corrected chi connectivity index (χ2v) is 8.62. The molecule has 0 bridgehead atoms. The van der Waals surface area contributed by atoms with Gasteiger partial charge in [0, 0.05) is 65.0 Å². The summed E-state index contributed by atoms with van der Waals surface area (Å²) < 4.78 is 22.5. The van der Waals surface area contributed by atoms with Gasteiger partial charge in [0.1, 0.15) is 5.65 Å². The summed E-state index contributed by atoms with van der Waals surface area (Å²) in [7, 11) is 1.91. The van der Waals surface area contributed by atoms with Gasteiger partial charge in [-0.2, -0.15) is 4.99 Å². The number of imidazole rings is 1. The fourth-order valence-electron chi connectivity index (χ4n) is 4.45. The molecule has 2 fully saturated rings. The van der Waals surface area contributed by atoms with Crippen LogP contribution in [0.25, 0.3) is 5.65 Å². The number of guanidine groups is 1. The molecule has 9 nitrogen and oxygen atoms in total. The van der Waals surface area contributed by atoms with Crippen LogP contribution in [0.3, 0.4) is 0 Å². The van der Waals surface area contributed by atoms with Crippen molar-refractivity contribution in [2.45, 2.75) is 6.54 Å². The van der Waals surface area contributed by atoms with E-state index in [4.69, 9.17) is 9.73 Å². The molecule has 3 aliphatic heterocycles. The van der Waals surface area contributed by atoms with Crippen molar-refractivity contribution in [2.75, 3.05) is 66.2 Å². The molecule has 2 aromatic rings. The molecule has 32 heavy (non-hydrogen) atoms. The first-order chi connectivity index (χ1) is 15.7. The van der Waals surface area contributed by atoms with Crippen molar-refractivity contribution >= 4 is 11.6 Å². The van der Waals surface area contributed by atoms with Crippen LogP contribution < -0.4 is 10.6 Å². The topological polar surface area (TPSA) is 72.7 Å². The van der Waals surface area contributed by atoms with Crippen LogP contribution in [-0.4, -0.2) is 96.2 Å². The van der Waals surface area contributed by atoms with Crippen molar-refractivity contribution in [1.82, 2.24) is 34.7 Å². The lowest BCUT2D eigenvalue weighted by atomic mass is 10.0. The van der Waals surface area contributed by atoms with Gasteiger partial charge in [0.2, 0.25) is 5.96 Å².